The minimum absolute atomic E-state index is 0.0684. The number of benzene rings is 1. The van der Waals surface area contributed by atoms with Gasteiger partial charge >= 0.3 is 0 Å². The second-order valence-corrected chi connectivity index (χ2v) is 4.41. The van der Waals surface area contributed by atoms with Gasteiger partial charge in [-0.3, -0.25) is 4.79 Å². The Balaban J connectivity index is 2.14. The minimum atomic E-state index is 0.0684. The zero-order valence-electron chi connectivity index (χ0n) is 11.1. The average molecular weight is 259 g/mol. The number of nitrogen functional groups attached to an aromatic ring is 1. The van der Waals surface area contributed by atoms with E-state index in [9.17, 15) is 4.79 Å². The Labute approximate surface area is 111 Å². The summed E-state index contributed by atoms with van der Waals surface area (Å²) in [6.45, 7) is 0.511. The van der Waals surface area contributed by atoms with Gasteiger partial charge in [-0.15, -0.1) is 0 Å². The van der Waals surface area contributed by atoms with Crippen LogP contribution in [0, 0.1) is 0 Å². The van der Waals surface area contributed by atoms with Crippen molar-refractivity contribution in [3.63, 3.8) is 0 Å². The Bertz CT molecular complexity index is 597. The molecule has 0 unspecified atom stereocenters. The van der Waals surface area contributed by atoms with Crippen molar-refractivity contribution in [2.24, 2.45) is 0 Å². The number of amides is 1. The smallest absolute Gasteiger partial charge is 0.223 e. The van der Waals surface area contributed by atoms with E-state index >= 15 is 0 Å². The summed E-state index contributed by atoms with van der Waals surface area (Å²) < 4.78 is 0. The van der Waals surface area contributed by atoms with Crippen LogP contribution in [-0.2, 0) is 4.79 Å². The van der Waals surface area contributed by atoms with E-state index in [1.54, 1.807) is 19.0 Å². The number of fused-ring (bicyclic) bond motifs is 1. The Morgan fingerprint density at radius 1 is 1.32 bits per heavy atom. The molecule has 19 heavy (non-hydrogen) atoms. The van der Waals surface area contributed by atoms with Crippen LogP contribution in [0.5, 0.6) is 0 Å². The van der Waals surface area contributed by atoms with Gasteiger partial charge in [0.15, 0.2) is 0 Å². The largest absolute Gasteiger partial charge is 0.369 e. The first-order valence-electron chi connectivity index (χ1n) is 6.04. The molecule has 0 fully saturated rings. The molecule has 0 spiro atoms. The van der Waals surface area contributed by atoms with E-state index in [2.05, 4.69) is 15.3 Å². The summed E-state index contributed by atoms with van der Waals surface area (Å²) >= 11 is 0. The summed E-state index contributed by atoms with van der Waals surface area (Å²) in [5, 5.41) is 4.03. The number of hydrogen-bond donors (Lipinski definition) is 2. The number of nitrogens with two attached hydrogens (primary N) is 1. The molecule has 0 bridgehead atoms. The number of para-hydroxylation sites is 1. The van der Waals surface area contributed by atoms with Gasteiger partial charge in [0.25, 0.3) is 0 Å². The molecule has 0 saturated carbocycles. The van der Waals surface area contributed by atoms with Crippen LogP contribution in [0.25, 0.3) is 10.9 Å². The van der Waals surface area contributed by atoms with Gasteiger partial charge in [0.05, 0.1) is 5.52 Å². The predicted molar refractivity (Wildman–Crippen MR) is 75.8 cm³/mol. The third-order valence-electron chi connectivity index (χ3n) is 2.75. The van der Waals surface area contributed by atoms with E-state index in [1.165, 1.54) is 0 Å². The van der Waals surface area contributed by atoms with Gasteiger partial charge in [-0.1, -0.05) is 12.1 Å². The molecule has 2 aromatic rings. The standard InChI is InChI=1S/C13H17N5O/c1-18(2)11(19)7-8-15-12-9-5-3-4-6-10(9)16-13(14)17-12/h3-6H,7-8H2,1-2H3,(H3,14,15,16,17). The number of carbonyl (C=O) groups is 1. The molecule has 3 N–H and O–H groups in total. The molecule has 0 aliphatic heterocycles. The van der Waals surface area contributed by atoms with Crippen molar-refractivity contribution < 1.29 is 4.79 Å². The molecule has 1 amide bonds. The second-order valence-electron chi connectivity index (χ2n) is 4.41. The van der Waals surface area contributed by atoms with E-state index < -0.39 is 0 Å². The lowest BCUT2D eigenvalue weighted by Gasteiger charge is -2.12. The van der Waals surface area contributed by atoms with Crippen LogP contribution in [0.2, 0.25) is 0 Å². The SMILES string of the molecule is CN(C)C(=O)CCNc1nc(N)nc2ccccc12. The van der Waals surface area contributed by atoms with Crippen LogP contribution in [0.1, 0.15) is 6.42 Å². The molecule has 0 radical (unpaired) electrons. The molecule has 0 saturated heterocycles. The fraction of sp³-hybridized carbons (Fsp3) is 0.308. The molecular formula is C13H17N5O. The Morgan fingerprint density at radius 3 is 2.79 bits per heavy atom. The highest BCUT2D eigenvalue weighted by atomic mass is 16.2. The third kappa shape index (κ3) is 3.09. The van der Waals surface area contributed by atoms with Crippen molar-refractivity contribution >= 4 is 28.6 Å². The maximum Gasteiger partial charge on any atom is 0.223 e. The van der Waals surface area contributed by atoms with Crippen LogP contribution in [0.3, 0.4) is 0 Å². The Morgan fingerprint density at radius 2 is 2.05 bits per heavy atom. The lowest BCUT2D eigenvalue weighted by molar-refractivity contribution is -0.128. The topological polar surface area (TPSA) is 84.1 Å². The molecular weight excluding hydrogens is 242 g/mol. The molecule has 6 heteroatoms. The number of hydrogen-bond acceptors (Lipinski definition) is 5. The minimum Gasteiger partial charge on any atom is -0.369 e. The van der Waals surface area contributed by atoms with Crippen molar-refractivity contribution in [1.29, 1.82) is 0 Å². The average Bonchev–Trinajstić information content (AvgIpc) is 2.38. The monoisotopic (exact) mass is 259 g/mol. The lowest BCUT2D eigenvalue weighted by Crippen LogP contribution is -2.24. The highest BCUT2D eigenvalue weighted by Crippen LogP contribution is 2.20. The van der Waals surface area contributed by atoms with Gasteiger partial charge in [-0.05, 0) is 12.1 Å². The number of nitrogens with one attached hydrogen (secondary N) is 1. The number of nitrogens with zero attached hydrogens (tertiary/aromatic N) is 3. The quantitative estimate of drug-likeness (QED) is 0.859. The van der Waals surface area contributed by atoms with Crippen molar-refractivity contribution in [2.75, 3.05) is 31.7 Å². The third-order valence-corrected chi connectivity index (χ3v) is 2.75. The zero-order valence-corrected chi connectivity index (χ0v) is 11.1. The normalized spacial score (nSPS) is 10.4. The molecule has 6 nitrogen and oxygen atoms in total. The number of anilines is 2. The highest BCUT2D eigenvalue weighted by Gasteiger charge is 2.07. The first-order chi connectivity index (χ1) is 9.08. The first-order valence-corrected chi connectivity index (χ1v) is 6.04. The summed E-state index contributed by atoms with van der Waals surface area (Å²) in [4.78, 5) is 21.4. The molecule has 0 aliphatic carbocycles. The van der Waals surface area contributed by atoms with Gasteiger partial charge < -0.3 is 16.0 Å². The fourth-order valence-electron chi connectivity index (χ4n) is 1.74. The molecule has 0 atom stereocenters. The molecule has 100 valence electrons. The van der Waals surface area contributed by atoms with Crippen LogP contribution >= 0.6 is 0 Å². The fourth-order valence-corrected chi connectivity index (χ4v) is 1.74. The second kappa shape index (κ2) is 5.51. The van der Waals surface area contributed by atoms with Gasteiger partial charge in [-0.2, -0.15) is 4.98 Å². The van der Waals surface area contributed by atoms with Gasteiger partial charge in [0.1, 0.15) is 5.82 Å². The van der Waals surface area contributed by atoms with Gasteiger partial charge in [0.2, 0.25) is 11.9 Å². The van der Waals surface area contributed by atoms with Crippen molar-refractivity contribution in [1.82, 2.24) is 14.9 Å². The predicted octanol–water partition coefficient (Wildman–Crippen LogP) is 1.10. The first kappa shape index (κ1) is 13.1. The van der Waals surface area contributed by atoms with Gasteiger partial charge in [-0.25, -0.2) is 4.98 Å². The van der Waals surface area contributed by atoms with E-state index in [0.29, 0.717) is 18.8 Å². The van der Waals surface area contributed by atoms with Crippen molar-refractivity contribution in [3.05, 3.63) is 24.3 Å². The lowest BCUT2D eigenvalue weighted by atomic mass is 10.2. The summed E-state index contributed by atoms with van der Waals surface area (Å²) in [6.07, 6.45) is 0.408. The van der Waals surface area contributed by atoms with Crippen LogP contribution in [0.15, 0.2) is 24.3 Å². The summed E-state index contributed by atoms with van der Waals surface area (Å²) in [5.74, 6) is 0.952. The summed E-state index contributed by atoms with van der Waals surface area (Å²) in [5.41, 5.74) is 6.46. The maximum absolute atomic E-state index is 11.5. The zero-order chi connectivity index (χ0) is 13.8. The van der Waals surface area contributed by atoms with Gasteiger partial charge in [0, 0.05) is 32.4 Å². The van der Waals surface area contributed by atoms with E-state index in [0.717, 1.165) is 10.9 Å². The van der Waals surface area contributed by atoms with E-state index in [1.807, 2.05) is 24.3 Å². The highest BCUT2D eigenvalue weighted by molar-refractivity contribution is 5.90. The number of aromatic nitrogens is 2. The summed E-state index contributed by atoms with van der Waals surface area (Å²) in [7, 11) is 3.47. The molecule has 1 heterocycles. The summed E-state index contributed by atoms with van der Waals surface area (Å²) in [6, 6.07) is 7.61. The Kier molecular flexibility index (Phi) is 3.79. The molecule has 0 aliphatic rings. The van der Waals surface area contributed by atoms with Crippen molar-refractivity contribution in [3.8, 4) is 0 Å². The number of carbonyl (C=O) groups excluding carboxylic acids is 1. The van der Waals surface area contributed by atoms with Crippen LogP contribution in [0.4, 0.5) is 11.8 Å². The van der Waals surface area contributed by atoms with Crippen LogP contribution < -0.4 is 11.1 Å². The molecule has 2 rings (SSSR count). The van der Waals surface area contributed by atoms with E-state index in [4.69, 9.17) is 5.73 Å². The van der Waals surface area contributed by atoms with Crippen molar-refractivity contribution in [2.45, 2.75) is 6.42 Å². The molecule has 1 aromatic carbocycles. The maximum atomic E-state index is 11.5. The van der Waals surface area contributed by atoms with E-state index in [-0.39, 0.29) is 11.9 Å². The van der Waals surface area contributed by atoms with Crippen LogP contribution in [-0.4, -0.2) is 41.4 Å². The Hall–Kier alpha value is -2.37. The molecule has 1 aromatic heterocycles. The number of rotatable bonds is 4.